The molecule has 0 aliphatic rings. The van der Waals surface area contributed by atoms with Gasteiger partial charge in [0.05, 0.1) is 13.7 Å². The number of nitrogens with two attached hydrogens (primary N) is 1. The molecule has 1 aromatic heterocycles. The van der Waals surface area contributed by atoms with Crippen LogP contribution >= 0.6 is 15.9 Å². The van der Waals surface area contributed by atoms with Gasteiger partial charge < -0.3 is 15.0 Å². The molecule has 5 nitrogen and oxygen atoms in total. The molecule has 0 saturated carbocycles. The van der Waals surface area contributed by atoms with Crippen molar-refractivity contribution in [3.63, 3.8) is 0 Å². The zero-order valence-electron chi connectivity index (χ0n) is 9.53. The van der Waals surface area contributed by atoms with Gasteiger partial charge in [-0.15, -0.1) is 0 Å². The standard InChI is InChI=1S/C11H12BrN3O2/c1-6-8(12)3-7(4-9(6)16-2)11-14-10(5-13)17-15-11/h3-4H,5,13H2,1-2H3. The van der Waals surface area contributed by atoms with E-state index < -0.39 is 0 Å². The van der Waals surface area contributed by atoms with Crippen molar-refractivity contribution >= 4 is 15.9 Å². The molecule has 0 fully saturated rings. The Kier molecular flexibility index (Phi) is 3.44. The van der Waals surface area contributed by atoms with Crippen LogP contribution in [0.2, 0.25) is 0 Å². The van der Waals surface area contributed by atoms with E-state index in [1.165, 1.54) is 0 Å². The van der Waals surface area contributed by atoms with Gasteiger partial charge in [-0.05, 0) is 19.1 Å². The molecule has 2 N–H and O–H groups in total. The molecule has 2 rings (SSSR count). The van der Waals surface area contributed by atoms with E-state index in [1.807, 2.05) is 19.1 Å². The number of benzene rings is 1. The highest BCUT2D eigenvalue weighted by molar-refractivity contribution is 9.10. The second kappa shape index (κ2) is 4.85. The quantitative estimate of drug-likeness (QED) is 0.941. The minimum absolute atomic E-state index is 0.233. The minimum Gasteiger partial charge on any atom is -0.496 e. The summed E-state index contributed by atoms with van der Waals surface area (Å²) < 4.78 is 11.2. The normalized spacial score (nSPS) is 10.6. The lowest BCUT2D eigenvalue weighted by atomic mass is 10.1. The number of hydrogen-bond acceptors (Lipinski definition) is 5. The average molecular weight is 298 g/mol. The summed E-state index contributed by atoms with van der Waals surface area (Å²) in [5.41, 5.74) is 7.27. The Morgan fingerprint density at radius 2 is 2.24 bits per heavy atom. The van der Waals surface area contributed by atoms with Gasteiger partial charge >= 0.3 is 0 Å². The van der Waals surface area contributed by atoms with Crippen molar-refractivity contribution in [3.05, 3.63) is 28.1 Å². The first-order chi connectivity index (χ1) is 8.15. The lowest BCUT2D eigenvalue weighted by Gasteiger charge is -2.07. The van der Waals surface area contributed by atoms with Crippen LogP contribution < -0.4 is 10.5 Å². The van der Waals surface area contributed by atoms with Gasteiger partial charge in [0.15, 0.2) is 0 Å². The average Bonchev–Trinajstić information content (AvgIpc) is 2.81. The third kappa shape index (κ3) is 2.32. The van der Waals surface area contributed by atoms with E-state index in [1.54, 1.807) is 7.11 Å². The van der Waals surface area contributed by atoms with E-state index in [0.29, 0.717) is 11.7 Å². The van der Waals surface area contributed by atoms with Crippen LogP contribution in [0.5, 0.6) is 5.75 Å². The predicted octanol–water partition coefficient (Wildman–Crippen LogP) is 2.27. The highest BCUT2D eigenvalue weighted by atomic mass is 79.9. The van der Waals surface area contributed by atoms with Gasteiger partial charge in [-0.2, -0.15) is 4.98 Å². The van der Waals surface area contributed by atoms with Crippen LogP contribution in [0.3, 0.4) is 0 Å². The first-order valence-corrected chi connectivity index (χ1v) is 5.82. The monoisotopic (exact) mass is 297 g/mol. The van der Waals surface area contributed by atoms with E-state index in [-0.39, 0.29) is 6.54 Å². The molecule has 0 aliphatic heterocycles. The van der Waals surface area contributed by atoms with Gasteiger partial charge in [0.2, 0.25) is 11.7 Å². The van der Waals surface area contributed by atoms with Crippen LogP contribution in [-0.4, -0.2) is 17.3 Å². The molecule has 0 radical (unpaired) electrons. The second-order valence-electron chi connectivity index (χ2n) is 3.50. The van der Waals surface area contributed by atoms with E-state index >= 15 is 0 Å². The summed E-state index contributed by atoms with van der Waals surface area (Å²) >= 11 is 3.47. The Morgan fingerprint density at radius 1 is 1.47 bits per heavy atom. The largest absolute Gasteiger partial charge is 0.496 e. The van der Waals surface area contributed by atoms with Gasteiger partial charge in [-0.3, -0.25) is 0 Å². The third-order valence-corrected chi connectivity index (χ3v) is 3.24. The number of rotatable bonds is 3. The van der Waals surface area contributed by atoms with Gasteiger partial charge in [-0.25, -0.2) is 0 Å². The van der Waals surface area contributed by atoms with E-state index in [9.17, 15) is 0 Å². The van der Waals surface area contributed by atoms with Gasteiger partial charge in [-0.1, -0.05) is 21.1 Å². The number of ether oxygens (including phenoxy) is 1. The van der Waals surface area contributed by atoms with Crippen molar-refractivity contribution in [2.24, 2.45) is 5.73 Å². The SMILES string of the molecule is COc1cc(-c2noc(CN)n2)cc(Br)c1C. The molecule has 0 unspecified atom stereocenters. The zero-order valence-corrected chi connectivity index (χ0v) is 11.1. The minimum atomic E-state index is 0.233. The Labute approximate surface area is 107 Å². The third-order valence-electron chi connectivity index (χ3n) is 2.42. The lowest BCUT2D eigenvalue weighted by molar-refractivity contribution is 0.380. The molecule has 90 valence electrons. The molecule has 2 aromatic rings. The maximum atomic E-state index is 5.42. The van der Waals surface area contributed by atoms with Crippen molar-refractivity contribution in [1.82, 2.24) is 10.1 Å². The molecule has 0 saturated heterocycles. The molecule has 1 heterocycles. The summed E-state index contributed by atoms with van der Waals surface area (Å²) in [6.45, 7) is 2.20. The van der Waals surface area contributed by atoms with Gasteiger partial charge in [0.1, 0.15) is 5.75 Å². The summed E-state index contributed by atoms with van der Waals surface area (Å²) in [6, 6.07) is 3.79. The maximum absolute atomic E-state index is 5.42. The van der Waals surface area contributed by atoms with Gasteiger partial charge in [0, 0.05) is 15.6 Å². The molecular weight excluding hydrogens is 286 g/mol. The highest BCUT2D eigenvalue weighted by Gasteiger charge is 2.12. The molecular formula is C11H12BrN3O2. The van der Waals surface area contributed by atoms with E-state index in [4.69, 9.17) is 15.0 Å². The molecule has 1 aromatic carbocycles. The molecule has 0 bridgehead atoms. The lowest BCUT2D eigenvalue weighted by Crippen LogP contribution is -1.96. The van der Waals surface area contributed by atoms with Crippen LogP contribution in [-0.2, 0) is 6.54 Å². The Hall–Kier alpha value is -1.40. The summed E-state index contributed by atoms with van der Waals surface area (Å²) in [4.78, 5) is 4.17. The van der Waals surface area contributed by atoms with Crippen LogP contribution in [0.4, 0.5) is 0 Å². The smallest absolute Gasteiger partial charge is 0.240 e. The van der Waals surface area contributed by atoms with Crippen LogP contribution in [0.25, 0.3) is 11.4 Å². The first-order valence-electron chi connectivity index (χ1n) is 5.03. The van der Waals surface area contributed by atoms with Crippen molar-refractivity contribution in [2.45, 2.75) is 13.5 Å². The summed E-state index contributed by atoms with van der Waals surface area (Å²) in [5.74, 6) is 1.69. The summed E-state index contributed by atoms with van der Waals surface area (Å²) in [7, 11) is 1.63. The molecule has 0 amide bonds. The van der Waals surface area contributed by atoms with Crippen LogP contribution in [0.15, 0.2) is 21.1 Å². The Balaban J connectivity index is 2.48. The first kappa shape index (κ1) is 12.1. The number of halogens is 1. The topological polar surface area (TPSA) is 74.2 Å². The molecule has 6 heteroatoms. The Morgan fingerprint density at radius 3 is 2.82 bits per heavy atom. The maximum Gasteiger partial charge on any atom is 0.240 e. The van der Waals surface area contributed by atoms with E-state index in [2.05, 4.69) is 26.1 Å². The number of aromatic nitrogens is 2. The van der Waals surface area contributed by atoms with Crippen molar-refractivity contribution in [2.75, 3.05) is 7.11 Å². The van der Waals surface area contributed by atoms with Crippen molar-refractivity contribution < 1.29 is 9.26 Å². The molecule has 0 atom stereocenters. The molecule has 0 spiro atoms. The highest BCUT2D eigenvalue weighted by Crippen LogP contribution is 2.31. The second-order valence-corrected chi connectivity index (χ2v) is 4.36. The number of methoxy groups -OCH3 is 1. The van der Waals surface area contributed by atoms with Crippen LogP contribution in [0.1, 0.15) is 11.5 Å². The summed E-state index contributed by atoms with van der Waals surface area (Å²) in [5, 5.41) is 3.86. The Bertz CT molecular complexity index is 540. The summed E-state index contributed by atoms with van der Waals surface area (Å²) in [6.07, 6.45) is 0. The fourth-order valence-electron chi connectivity index (χ4n) is 1.45. The van der Waals surface area contributed by atoms with Crippen LogP contribution in [0, 0.1) is 6.92 Å². The molecule has 17 heavy (non-hydrogen) atoms. The predicted molar refractivity (Wildman–Crippen MR) is 66.6 cm³/mol. The zero-order chi connectivity index (χ0) is 12.4. The van der Waals surface area contributed by atoms with E-state index in [0.717, 1.165) is 21.3 Å². The number of hydrogen-bond donors (Lipinski definition) is 1. The fraction of sp³-hybridized carbons (Fsp3) is 0.273. The van der Waals surface area contributed by atoms with Crippen molar-refractivity contribution in [1.29, 1.82) is 0 Å². The fourth-order valence-corrected chi connectivity index (χ4v) is 1.89. The number of nitrogens with zero attached hydrogens (tertiary/aromatic N) is 2. The van der Waals surface area contributed by atoms with Crippen molar-refractivity contribution in [3.8, 4) is 17.1 Å². The van der Waals surface area contributed by atoms with Gasteiger partial charge in [0.25, 0.3) is 0 Å². The molecule has 0 aliphatic carbocycles.